The fraction of sp³-hybridized carbons (Fsp3) is 0.444. The first-order valence-electron chi connectivity index (χ1n) is 8.46. The predicted octanol–water partition coefficient (Wildman–Crippen LogP) is 2.77. The summed E-state index contributed by atoms with van der Waals surface area (Å²) in [6.45, 7) is 0. The van der Waals surface area contributed by atoms with Gasteiger partial charge in [-0.05, 0) is 18.9 Å². The summed E-state index contributed by atoms with van der Waals surface area (Å²) in [6.07, 6.45) is 4.64. The van der Waals surface area contributed by atoms with E-state index in [1.807, 2.05) is 28.9 Å². The summed E-state index contributed by atoms with van der Waals surface area (Å²) in [7, 11) is 1.61. The lowest BCUT2D eigenvalue weighted by molar-refractivity contribution is -0.116. The average Bonchev–Trinajstić information content (AvgIpc) is 3.22. The molecule has 0 unspecified atom stereocenters. The van der Waals surface area contributed by atoms with E-state index in [-0.39, 0.29) is 29.8 Å². The maximum Gasteiger partial charge on any atom is 0.270 e. The highest BCUT2D eigenvalue weighted by Crippen LogP contribution is 2.41. The molecule has 1 atom stereocenters. The molecule has 2 aliphatic rings. The lowest BCUT2D eigenvalue weighted by Crippen LogP contribution is -2.27. The number of hydrogen-bond donors (Lipinski definition) is 2. The normalized spacial score (nSPS) is 20.7. The monoisotopic (exact) mass is 327 g/mol. The number of carbonyl (C=O) groups is 1. The maximum atomic E-state index is 12.7. The van der Waals surface area contributed by atoms with E-state index in [0.29, 0.717) is 17.1 Å². The van der Waals surface area contributed by atoms with Crippen LogP contribution in [0.4, 0.5) is 5.82 Å². The Morgan fingerprint density at radius 1 is 1.17 bits per heavy atom. The number of carbonyl (C=O) groups excluding carboxylic acids is 1. The standard InChI is InChI=1S/C18H21N3O3/c1-24-14-9-5-4-8-12(14)13-10-15(22)19-17-16(13)18(23)20-21(17)11-6-2-3-7-11/h4-5,8-9,11,13H,2-3,6-7,10H2,1H3,(H,19,22)(H,20,23)/t13-/m1/s1. The van der Waals surface area contributed by atoms with E-state index in [9.17, 15) is 9.59 Å². The van der Waals surface area contributed by atoms with E-state index >= 15 is 0 Å². The van der Waals surface area contributed by atoms with Crippen LogP contribution in [-0.2, 0) is 4.79 Å². The Labute approximate surface area is 139 Å². The third kappa shape index (κ3) is 2.33. The van der Waals surface area contributed by atoms with Crippen LogP contribution in [0.15, 0.2) is 29.1 Å². The number of aromatic amines is 1. The molecule has 0 saturated heterocycles. The van der Waals surface area contributed by atoms with Gasteiger partial charge in [0, 0.05) is 17.9 Å². The minimum atomic E-state index is -0.281. The smallest absolute Gasteiger partial charge is 0.270 e. The molecular weight excluding hydrogens is 306 g/mol. The molecule has 1 amide bonds. The zero-order valence-electron chi connectivity index (χ0n) is 13.7. The van der Waals surface area contributed by atoms with Crippen molar-refractivity contribution in [1.29, 1.82) is 0 Å². The van der Waals surface area contributed by atoms with Crippen LogP contribution in [0.5, 0.6) is 5.75 Å². The number of fused-ring (bicyclic) bond motifs is 1. The van der Waals surface area contributed by atoms with Gasteiger partial charge in [0.1, 0.15) is 11.6 Å². The summed E-state index contributed by atoms with van der Waals surface area (Å²) in [5.74, 6) is 0.996. The quantitative estimate of drug-likeness (QED) is 0.910. The third-order valence-corrected chi connectivity index (χ3v) is 5.16. The van der Waals surface area contributed by atoms with E-state index in [1.54, 1.807) is 7.11 Å². The average molecular weight is 327 g/mol. The van der Waals surface area contributed by atoms with Crippen molar-refractivity contribution in [2.24, 2.45) is 0 Å². The maximum absolute atomic E-state index is 12.7. The van der Waals surface area contributed by atoms with Crippen molar-refractivity contribution in [3.8, 4) is 5.75 Å². The molecule has 1 aliphatic carbocycles. The molecule has 6 nitrogen and oxygen atoms in total. The van der Waals surface area contributed by atoms with Crippen molar-refractivity contribution in [2.75, 3.05) is 12.4 Å². The molecule has 0 spiro atoms. The van der Waals surface area contributed by atoms with Gasteiger partial charge in [-0.3, -0.25) is 19.4 Å². The first kappa shape index (κ1) is 15.1. The lowest BCUT2D eigenvalue weighted by atomic mass is 9.86. The molecule has 6 heteroatoms. The van der Waals surface area contributed by atoms with Crippen LogP contribution < -0.4 is 15.6 Å². The summed E-state index contributed by atoms with van der Waals surface area (Å²) in [4.78, 5) is 25.0. The molecule has 126 valence electrons. The van der Waals surface area contributed by atoms with Gasteiger partial charge in [0.15, 0.2) is 0 Å². The number of nitrogens with zero attached hydrogens (tertiary/aromatic N) is 1. The minimum Gasteiger partial charge on any atom is -0.496 e. The van der Waals surface area contributed by atoms with Crippen LogP contribution in [0.2, 0.25) is 0 Å². The third-order valence-electron chi connectivity index (χ3n) is 5.16. The second-order valence-electron chi connectivity index (χ2n) is 6.56. The summed E-state index contributed by atoms with van der Waals surface area (Å²) < 4.78 is 7.32. The fourth-order valence-corrected chi connectivity index (χ4v) is 4.04. The number of ether oxygens (including phenoxy) is 1. The van der Waals surface area contributed by atoms with Crippen LogP contribution in [0.25, 0.3) is 0 Å². The number of amides is 1. The highest BCUT2D eigenvalue weighted by Gasteiger charge is 2.35. The molecule has 2 aromatic rings. The molecule has 1 aromatic heterocycles. The van der Waals surface area contributed by atoms with Crippen molar-refractivity contribution in [3.63, 3.8) is 0 Å². The number of rotatable bonds is 3. The summed E-state index contributed by atoms with van der Waals surface area (Å²) in [5, 5.41) is 5.88. The van der Waals surface area contributed by atoms with Gasteiger partial charge in [0.05, 0.1) is 18.7 Å². The van der Waals surface area contributed by atoms with Gasteiger partial charge in [0.25, 0.3) is 5.56 Å². The Balaban J connectivity index is 1.85. The highest BCUT2D eigenvalue weighted by molar-refractivity contribution is 5.94. The fourth-order valence-electron chi connectivity index (χ4n) is 4.04. The molecule has 0 radical (unpaired) electrons. The molecule has 1 aromatic carbocycles. The van der Waals surface area contributed by atoms with Gasteiger partial charge in [-0.1, -0.05) is 31.0 Å². The van der Waals surface area contributed by atoms with Gasteiger partial charge in [0.2, 0.25) is 5.91 Å². The number of aromatic nitrogens is 2. The van der Waals surface area contributed by atoms with Crippen molar-refractivity contribution in [1.82, 2.24) is 9.78 Å². The van der Waals surface area contributed by atoms with Crippen LogP contribution in [-0.4, -0.2) is 22.8 Å². The molecule has 24 heavy (non-hydrogen) atoms. The highest BCUT2D eigenvalue weighted by atomic mass is 16.5. The van der Waals surface area contributed by atoms with Gasteiger partial charge in [-0.25, -0.2) is 0 Å². The zero-order valence-corrected chi connectivity index (χ0v) is 13.7. The SMILES string of the molecule is COc1ccccc1[C@H]1CC(=O)Nc2c1c(=O)[nH]n2C1CCCC1. The Morgan fingerprint density at radius 3 is 2.67 bits per heavy atom. The summed E-state index contributed by atoms with van der Waals surface area (Å²) >= 11 is 0. The second-order valence-corrected chi connectivity index (χ2v) is 6.56. The molecule has 0 bridgehead atoms. The van der Waals surface area contributed by atoms with E-state index in [2.05, 4.69) is 10.4 Å². The van der Waals surface area contributed by atoms with Gasteiger partial charge in [-0.15, -0.1) is 0 Å². The Kier molecular flexibility index (Phi) is 3.67. The second kappa shape index (κ2) is 5.85. The molecule has 1 aliphatic heterocycles. The Hall–Kier alpha value is -2.50. The minimum absolute atomic E-state index is 0.0656. The molecule has 2 heterocycles. The van der Waals surface area contributed by atoms with Crippen LogP contribution in [0.1, 0.15) is 55.2 Å². The van der Waals surface area contributed by atoms with E-state index in [1.165, 1.54) is 0 Å². The van der Waals surface area contributed by atoms with Crippen LogP contribution >= 0.6 is 0 Å². The Bertz CT molecular complexity index is 830. The zero-order chi connectivity index (χ0) is 16.7. The largest absolute Gasteiger partial charge is 0.496 e. The first-order chi connectivity index (χ1) is 11.7. The van der Waals surface area contributed by atoms with E-state index in [0.717, 1.165) is 31.2 Å². The number of para-hydroxylation sites is 1. The first-order valence-corrected chi connectivity index (χ1v) is 8.46. The molecule has 2 N–H and O–H groups in total. The molecular formula is C18H21N3O3. The van der Waals surface area contributed by atoms with Gasteiger partial charge in [-0.2, -0.15) is 0 Å². The Morgan fingerprint density at radius 2 is 1.92 bits per heavy atom. The molecule has 1 fully saturated rings. The number of nitrogens with one attached hydrogen (secondary N) is 2. The number of benzene rings is 1. The number of anilines is 1. The predicted molar refractivity (Wildman–Crippen MR) is 90.6 cm³/mol. The number of H-pyrrole nitrogens is 1. The van der Waals surface area contributed by atoms with E-state index < -0.39 is 0 Å². The number of methoxy groups -OCH3 is 1. The number of hydrogen-bond acceptors (Lipinski definition) is 3. The van der Waals surface area contributed by atoms with Crippen molar-refractivity contribution >= 4 is 11.7 Å². The van der Waals surface area contributed by atoms with Gasteiger partial charge < -0.3 is 10.1 Å². The van der Waals surface area contributed by atoms with Crippen LogP contribution in [0, 0.1) is 0 Å². The topological polar surface area (TPSA) is 76.1 Å². The lowest BCUT2D eigenvalue weighted by Gasteiger charge is -2.25. The van der Waals surface area contributed by atoms with Crippen molar-refractivity contribution in [2.45, 2.75) is 44.1 Å². The van der Waals surface area contributed by atoms with Crippen LogP contribution in [0.3, 0.4) is 0 Å². The van der Waals surface area contributed by atoms with Crippen molar-refractivity contribution < 1.29 is 9.53 Å². The summed E-state index contributed by atoms with van der Waals surface area (Å²) in [5.41, 5.74) is 1.41. The van der Waals surface area contributed by atoms with E-state index in [4.69, 9.17) is 4.74 Å². The molecule has 1 saturated carbocycles. The summed E-state index contributed by atoms with van der Waals surface area (Å²) in [6, 6.07) is 7.85. The molecule has 4 rings (SSSR count). The van der Waals surface area contributed by atoms with Gasteiger partial charge >= 0.3 is 0 Å². The van der Waals surface area contributed by atoms with Crippen molar-refractivity contribution in [3.05, 3.63) is 45.7 Å².